The lowest BCUT2D eigenvalue weighted by Gasteiger charge is -2.20. The highest BCUT2D eigenvalue weighted by Gasteiger charge is 2.31. The molecule has 0 saturated carbocycles. The molecule has 0 spiro atoms. The monoisotopic (exact) mass is 371 g/mol. The summed E-state index contributed by atoms with van der Waals surface area (Å²) in [6.07, 6.45) is 3.49. The number of aliphatic carboxylic acids is 1. The van der Waals surface area contributed by atoms with Crippen molar-refractivity contribution in [2.45, 2.75) is 45.4 Å². The van der Waals surface area contributed by atoms with Crippen LogP contribution in [0.2, 0.25) is 0 Å². The zero-order chi connectivity index (χ0) is 19.4. The number of hydrogen-bond acceptors (Lipinski definition) is 4. The number of nitrogens with zero attached hydrogens (tertiary/aromatic N) is 3. The molecule has 1 N–H and O–H groups in total. The van der Waals surface area contributed by atoms with Crippen molar-refractivity contribution in [2.24, 2.45) is 0 Å². The summed E-state index contributed by atoms with van der Waals surface area (Å²) in [6, 6.07) is 7.76. The van der Waals surface area contributed by atoms with Crippen LogP contribution in [0.25, 0.3) is 5.69 Å². The van der Waals surface area contributed by atoms with Crippen molar-refractivity contribution in [3.63, 3.8) is 0 Å². The Morgan fingerprint density at radius 3 is 2.56 bits per heavy atom. The molecule has 0 aliphatic heterocycles. The van der Waals surface area contributed by atoms with E-state index in [1.165, 1.54) is 0 Å². The highest BCUT2D eigenvalue weighted by Crippen LogP contribution is 2.33. The van der Waals surface area contributed by atoms with E-state index >= 15 is 0 Å². The Morgan fingerprint density at radius 1 is 1.26 bits per heavy atom. The zero-order valence-corrected chi connectivity index (χ0v) is 16.4. The molecule has 0 amide bonds. The number of benzene rings is 1. The van der Waals surface area contributed by atoms with Gasteiger partial charge in [-0.2, -0.15) is 5.10 Å². The van der Waals surface area contributed by atoms with Crippen LogP contribution in [0, 0.1) is 0 Å². The van der Waals surface area contributed by atoms with Crippen LogP contribution in [0.15, 0.2) is 24.3 Å². The lowest BCUT2D eigenvalue weighted by molar-refractivity contribution is -0.139. The highest BCUT2D eigenvalue weighted by atomic mass is 16.5. The zero-order valence-electron chi connectivity index (χ0n) is 16.4. The Bertz CT molecular complexity index is 779. The molecule has 1 heterocycles. The lowest BCUT2D eigenvalue weighted by Crippen LogP contribution is -2.27. The summed E-state index contributed by atoms with van der Waals surface area (Å²) in [7, 11) is 1.64. The molecule has 2 aromatic rings. The summed E-state index contributed by atoms with van der Waals surface area (Å²) in [5.41, 5.74) is 3.99. The number of hydrogen-bond donors (Lipinski definition) is 1. The van der Waals surface area contributed by atoms with Crippen molar-refractivity contribution in [1.29, 1.82) is 0 Å². The van der Waals surface area contributed by atoms with Gasteiger partial charge >= 0.3 is 5.97 Å². The largest absolute Gasteiger partial charge is 0.497 e. The summed E-state index contributed by atoms with van der Waals surface area (Å²) in [6.45, 7) is 6.85. The van der Waals surface area contributed by atoms with Gasteiger partial charge in [0.25, 0.3) is 0 Å². The molecular weight excluding hydrogens is 342 g/mol. The fraction of sp³-hybridized carbons (Fsp3) is 0.524. The standard InChI is InChI=1S/C21H29N3O3/c1-4-23(5-2)14-13-18(21(25)26)20-17-7-6-8-19(17)24(22-20)15-9-11-16(27-3)12-10-15/h9-12,18H,4-8,13-14H2,1-3H3,(H,25,26). The number of carbonyl (C=O) groups is 1. The molecule has 146 valence electrons. The highest BCUT2D eigenvalue weighted by molar-refractivity contribution is 5.76. The van der Waals surface area contributed by atoms with E-state index in [1.54, 1.807) is 7.11 Å². The average Bonchev–Trinajstić information content (AvgIpc) is 3.28. The van der Waals surface area contributed by atoms with E-state index in [2.05, 4.69) is 18.7 Å². The van der Waals surface area contributed by atoms with Gasteiger partial charge in [0.1, 0.15) is 11.7 Å². The van der Waals surface area contributed by atoms with Crippen LogP contribution in [0.5, 0.6) is 5.75 Å². The number of aromatic nitrogens is 2. The van der Waals surface area contributed by atoms with E-state index in [9.17, 15) is 9.90 Å². The van der Waals surface area contributed by atoms with Crippen LogP contribution in [-0.2, 0) is 17.6 Å². The number of ether oxygens (including phenoxy) is 1. The van der Waals surface area contributed by atoms with Crippen molar-refractivity contribution in [3.8, 4) is 11.4 Å². The topological polar surface area (TPSA) is 67.6 Å². The Kier molecular flexibility index (Phi) is 6.16. The van der Waals surface area contributed by atoms with E-state index in [0.717, 1.165) is 67.3 Å². The number of fused-ring (bicyclic) bond motifs is 1. The summed E-state index contributed by atoms with van der Waals surface area (Å²) < 4.78 is 7.17. The first kappa shape index (κ1) is 19.4. The number of carboxylic acids is 1. The van der Waals surface area contributed by atoms with Crippen LogP contribution in [0.3, 0.4) is 0 Å². The molecule has 0 fully saturated rings. The van der Waals surface area contributed by atoms with Gasteiger partial charge in [-0.25, -0.2) is 4.68 Å². The fourth-order valence-corrected chi connectivity index (χ4v) is 3.91. The van der Waals surface area contributed by atoms with E-state index in [-0.39, 0.29) is 0 Å². The molecule has 1 aliphatic rings. The lowest BCUT2D eigenvalue weighted by atomic mass is 9.97. The van der Waals surface area contributed by atoms with Gasteiger partial charge < -0.3 is 14.7 Å². The molecular formula is C21H29N3O3. The third-order valence-electron chi connectivity index (χ3n) is 5.53. The summed E-state index contributed by atoms with van der Waals surface area (Å²) >= 11 is 0. The molecule has 3 rings (SSSR count). The molecule has 27 heavy (non-hydrogen) atoms. The predicted octanol–water partition coefficient (Wildman–Crippen LogP) is 3.27. The summed E-state index contributed by atoms with van der Waals surface area (Å²) in [5, 5.41) is 14.7. The van der Waals surface area contributed by atoms with Gasteiger partial charge in [-0.3, -0.25) is 4.79 Å². The van der Waals surface area contributed by atoms with Gasteiger partial charge in [0.2, 0.25) is 0 Å². The normalized spacial score (nSPS) is 14.4. The van der Waals surface area contributed by atoms with Gasteiger partial charge in [-0.15, -0.1) is 0 Å². The maximum atomic E-state index is 12.0. The van der Waals surface area contributed by atoms with Crippen LogP contribution in [0.1, 0.15) is 49.6 Å². The maximum absolute atomic E-state index is 12.0. The quantitative estimate of drug-likeness (QED) is 0.733. The first-order valence-corrected chi connectivity index (χ1v) is 9.79. The predicted molar refractivity (Wildman–Crippen MR) is 105 cm³/mol. The van der Waals surface area contributed by atoms with Crippen molar-refractivity contribution in [2.75, 3.05) is 26.7 Å². The SMILES string of the molecule is CCN(CC)CCC(C(=O)O)c1nn(-c2ccc(OC)cc2)c2c1CCC2. The molecule has 1 aliphatic carbocycles. The average molecular weight is 371 g/mol. The number of methoxy groups -OCH3 is 1. The molecule has 0 saturated heterocycles. The van der Waals surface area contributed by atoms with Gasteiger partial charge in [0, 0.05) is 5.69 Å². The van der Waals surface area contributed by atoms with E-state index in [1.807, 2.05) is 28.9 Å². The Morgan fingerprint density at radius 2 is 1.96 bits per heavy atom. The minimum Gasteiger partial charge on any atom is -0.497 e. The molecule has 6 nitrogen and oxygen atoms in total. The van der Waals surface area contributed by atoms with Gasteiger partial charge in [0.05, 0.1) is 18.5 Å². The number of carboxylic acid groups (broad SMARTS) is 1. The van der Waals surface area contributed by atoms with Crippen molar-refractivity contribution < 1.29 is 14.6 Å². The van der Waals surface area contributed by atoms with Gasteiger partial charge in [-0.1, -0.05) is 13.8 Å². The second-order valence-electron chi connectivity index (χ2n) is 6.98. The fourth-order valence-electron chi connectivity index (χ4n) is 3.91. The maximum Gasteiger partial charge on any atom is 0.312 e. The first-order valence-electron chi connectivity index (χ1n) is 9.79. The Labute approximate surface area is 160 Å². The second-order valence-corrected chi connectivity index (χ2v) is 6.98. The Balaban J connectivity index is 1.93. The van der Waals surface area contributed by atoms with Crippen LogP contribution < -0.4 is 4.74 Å². The van der Waals surface area contributed by atoms with Crippen molar-refractivity contribution in [1.82, 2.24) is 14.7 Å². The van der Waals surface area contributed by atoms with Gasteiger partial charge in [0.15, 0.2) is 0 Å². The molecule has 0 bridgehead atoms. The van der Waals surface area contributed by atoms with Crippen molar-refractivity contribution in [3.05, 3.63) is 41.2 Å². The minimum absolute atomic E-state index is 0.558. The van der Waals surface area contributed by atoms with Gasteiger partial charge in [-0.05, 0) is 75.1 Å². The third kappa shape index (κ3) is 4.00. The molecule has 0 radical (unpaired) electrons. The Hall–Kier alpha value is -2.34. The molecule has 1 atom stereocenters. The van der Waals surface area contributed by atoms with E-state index < -0.39 is 11.9 Å². The smallest absolute Gasteiger partial charge is 0.312 e. The minimum atomic E-state index is -0.781. The summed E-state index contributed by atoms with van der Waals surface area (Å²) in [5.74, 6) is -0.543. The first-order chi connectivity index (χ1) is 13.1. The summed E-state index contributed by atoms with van der Waals surface area (Å²) in [4.78, 5) is 14.3. The number of rotatable bonds is 9. The van der Waals surface area contributed by atoms with E-state index in [4.69, 9.17) is 9.84 Å². The van der Waals surface area contributed by atoms with Crippen LogP contribution in [0.4, 0.5) is 0 Å². The molecule has 1 unspecified atom stereocenters. The van der Waals surface area contributed by atoms with Crippen LogP contribution >= 0.6 is 0 Å². The second kappa shape index (κ2) is 8.57. The third-order valence-corrected chi connectivity index (χ3v) is 5.53. The molecule has 1 aromatic heterocycles. The molecule has 6 heteroatoms. The van der Waals surface area contributed by atoms with Crippen LogP contribution in [-0.4, -0.2) is 52.5 Å². The molecule has 1 aromatic carbocycles. The van der Waals surface area contributed by atoms with Crippen molar-refractivity contribution >= 4 is 5.97 Å². The van der Waals surface area contributed by atoms with E-state index in [0.29, 0.717) is 6.42 Å².